The van der Waals surface area contributed by atoms with Crippen LogP contribution in [0.3, 0.4) is 0 Å². The predicted molar refractivity (Wildman–Crippen MR) is 145 cm³/mol. The lowest BCUT2D eigenvalue weighted by atomic mass is 9.92. The number of nitrogens with zero attached hydrogens (tertiary/aromatic N) is 1. The first kappa shape index (κ1) is 27.5. The first-order valence-electron chi connectivity index (χ1n) is 11.9. The quantitative estimate of drug-likeness (QED) is 0.256. The van der Waals surface area contributed by atoms with Gasteiger partial charge in [-0.2, -0.15) is 0 Å². The number of esters is 1. The molecule has 200 valence electrons. The fraction of sp³-hybridized carbons (Fsp3) is 0.172. The summed E-state index contributed by atoms with van der Waals surface area (Å²) in [5, 5.41) is 10.1. The molecule has 0 spiro atoms. The number of pyridine rings is 1. The Labute approximate surface area is 224 Å². The Bertz CT molecular complexity index is 1780. The summed E-state index contributed by atoms with van der Waals surface area (Å²) in [6, 6.07) is 16.4. The van der Waals surface area contributed by atoms with Crippen molar-refractivity contribution in [2.24, 2.45) is 0 Å². The van der Waals surface area contributed by atoms with Crippen molar-refractivity contribution >= 4 is 38.3 Å². The Balaban J connectivity index is 2.05. The van der Waals surface area contributed by atoms with Gasteiger partial charge in [0.15, 0.2) is 15.6 Å². The third-order valence-corrected chi connectivity index (χ3v) is 7.52. The molecule has 0 aliphatic rings. The SMILES string of the molecule is CCC(=O)c1c(-c2ccc(C(=O)OC)cc2)c2cc(C(=O)O)ccc2c(=O)n1Cc1ccc(S(C)(=O)=O)cc1. The van der Waals surface area contributed by atoms with Crippen LogP contribution in [0.15, 0.2) is 76.4 Å². The molecule has 0 radical (unpaired) electrons. The summed E-state index contributed by atoms with van der Waals surface area (Å²) in [6.07, 6.45) is 1.15. The smallest absolute Gasteiger partial charge is 0.337 e. The second kappa shape index (κ2) is 10.7. The Morgan fingerprint density at radius 3 is 2.05 bits per heavy atom. The molecule has 1 aromatic heterocycles. The Kier molecular flexibility index (Phi) is 7.51. The number of carboxylic acids is 1. The van der Waals surface area contributed by atoms with Crippen LogP contribution in [0.4, 0.5) is 0 Å². The van der Waals surface area contributed by atoms with Gasteiger partial charge < -0.3 is 9.84 Å². The van der Waals surface area contributed by atoms with Gasteiger partial charge in [0.2, 0.25) is 0 Å². The lowest BCUT2D eigenvalue weighted by Crippen LogP contribution is -2.28. The van der Waals surface area contributed by atoms with E-state index < -0.39 is 27.3 Å². The summed E-state index contributed by atoms with van der Waals surface area (Å²) in [5.74, 6) is -2.09. The zero-order valence-electron chi connectivity index (χ0n) is 21.4. The second-order valence-electron chi connectivity index (χ2n) is 8.94. The number of aromatic carboxylic acids is 1. The summed E-state index contributed by atoms with van der Waals surface area (Å²) in [7, 11) is -2.17. The van der Waals surface area contributed by atoms with Crippen molar-refractivity contribution in [3.05, 3.63) is 99.5 Å². The third-order valence-electron chi connectivity index (χ3n) is 6.39. The number of methoxy groups -OCH3 is 1. The van der Waals surface area contributed by atoms with Crippen molar-refractivity contribution in [2.75, 3.05) is 13.4 Å². The number of Topliss-reactive ketones (excluding diaryl/α,β-unsaturated/α-hetero) is 1. The molecule has 0 atom stereocenters. The fourth-order valence-corrected chi connectivity index (χ4v) is 5.03. The molecule has 10 heteroatoms. The maximum Gasteiger partial charge on any atom is 0.337 e. The molecule has 3 aromatic carbocycles. The van der Waals surface area contributed by atoms with E-state index in [4.69, 9.17) is 4.74 Å². The highest BCUT2D eigenvalue weighted by molar-refractivity contribution is 7.90. The highest BCUT2D eigenvalue weighted by atomic mass is 32.2. The van der Waals surface area contributed by atoms with Gasteiger partial charge in [0.25, 0.3) is 5.56 Å². The number of benzene rings is 3. The van der Waals surface area contributed by atoms with Crippen molar-refractivity contribution in [1.82, 2.24) is 4.57 Å². The molecule has 39 heavy (non-hydrogen) atoms. The van der Waals surface area contributed by atoms with E-state index in [0.717, 1.165) is 6.26 Å². The molecule has 4 aromatic rings. The Morgan fingerprint density at radius 1 is 0.897 bits per heavy atom. The van der Waals surface area contributed by atoms with E-state index in [2.05, 4.69) is 0 Å². The number of carbonyl (C=O) groups excluding carboxylic acids is 2. The molecule has 0 amide bonds. The molecule has 0 saturated carbocycles. The van der Waals surface area contributed by atoms with Crippen LogP contribution in [0.1, 0.15) is 50.1 Å². The minimum Gasteiger partial charge on any atom is -0.478 e. The van der Waals surface area contributed by atoms with E-state index in [-0.39, 0.29) is 51.2 Å². The normalized spacial score (nSPS) is 11.4. The van der Waals surface area contributed by atoms with Crippen molar-refractivity contribution in [1.29, 1.82) is 0 Å². The van der Waals surface area contributed by atoms with Crippen molar-refractivity contribution in [3.63, 3.8) is 0 Å². The predicted octanol–water partition coefficient (Wildman–Crippen LogP) is 4.20. The molecule has 0 saturated heterocycles. The lowest BCUT2D eigenvalue weighted by molar-refractivity contribution is 0.0599. The van der Waals surface area contributed by atoms with E-state index in [1.807, 2.05) is 0 Å². The molecular formula is C29H25NO8S. The maximum absolute atomic E-state index is 13.8. The van der Waals surface area contributed by atoms with Gasteiger partial charge >= 0.3 is 11.9 Å². The van der Waals surface area contributed by atoms with Gasteiger partial charge in [0.05, 0.1) is 35.4 Å². The zero-order valence-corrected chi connectivity index (χ0v) is 22.2. The van der Waals surface area contributed by atoms with E-state index in [0.29, 0.717) is 16.7 Å². The molecular weight excluding hydrogens is 522 g/mol. The molecule has 9 nitrogen and oxygen atoms in total. The standard InChI is InChI=1S/C29H25NO8S/c1-4-24(31)26-25(18-7-9-19(10-8-18)29(35)38-2)23-15-20(28(33)34)11-14-22(23)27(32)30(26)16-17-5-12-21(13-6-17)39(3,36)37/h5-15H,4,16H2,1-3H3,(H,33,34). The molecule has 0 bridgehead atoms. The number of ether oxygens (including phenoxy) is 1. The van der Waals surface area contributed by atoms with Crippen LogP contribution in [0.25, 0.3) is 21.9 Å². The number of fused-ring (bicyclic) bond motifs is 1. The van der Waals surface area contributed by atoms with Crippen LogP contribution in [0.5, 0.6) is 0 Å². The number of aromatic nitrogens is 1. The molecule has 0 aliphatic carbocycles. The summed E-state index contributed by atoms with van der Waals surface area (Å²) in [5.41, 5.74) is 1.23. The van der Waals surface area contributed by atoms with E-state index in [1.54, 1.807) is 31.2 Å². The average Bonchev–Trinajstić information content (AvgIpc) is 2.93. The van der Waals surface area contributed by atoms with Crippen molar-refractivity contribution in [3.8, 4) is 11.1 Å². The van der Waals surface area contributed by atoms with Gasteiger partial charge in [-0.15, -0.1) is 0 Å². The number of ketones is 1. The minimum absolute atomic E-state index is 0.0339. The summed E-state index contributed by atoms with van der Waals surface area (Å²) < 4.78 is 29.8. The van der Waals surface area contributed by atoms with Crippen LogP contribution in [0, 0.1) is 0 Å². The van der Waals surface area contributed by atoms with Gasteiger partial charge in [-0.05, 0) is 59.0 Å². The molecule has 0 unspecified atom stereocenters. The van der Waals surface area contributed by atoms with E-state index in [9.17, 15) is 32.7 Å². The van der Waals surface area contributed by atoms with Crippen LogP contribution in [0.2, 0.25) is 0 Å². The minimum atomic E-state index is -3.42. The number of hydrogen-bond donors (Lipinski definition) is 1. The Morgan fingerprint density at radius 2 is 1.51 bits per heavy atom. The average molecular weight is 548 g/mol. The molecule has 1 heterocycles. The molecule has 4 rings (SSSR count). The topological polar surface area (TPSA) is 137 Å². The molecule has 1 N–H and O–H groups in total. The largest absolute Gasteiger partial charge is 0.478 e. The highest BCUT2D eigenvalue weighted by Gasteiger charge is 2.24. The van der Waals surface area contributed by atoms with E-state index in [1.165, 1.54) is 54.1 Å². The lowest BCUT2D eigenvalue weighted by Gasteiger charge is -2.20. The Hall–Kier alpha value is -4.57. The maximum atomic E-state index is 13.8. The summed E-state index contributed by atoms with van der Waals surface area (Å²) in [6.45, 7) is 1.62. The molecule has 0 aliphatic heterocycles. The zero-order chi connectivity index (χ0) is 28.5. The molecule has 0 fully saturated rings. The van der Waals surface area contributed by atoms with Gasteiger partial charge in [0.1, 0.15) is 0 Å². The summed E-state index contributed by atoms with van der Waals surface area (Å²) in [4.78, 5) is 51.0. The van der Waals surface area contributed by atoms with Gasteiger partial charge in [-0.3, -0.25) is 14.2 Å². The number of sulfone groups is 1. The third kappa shape index (κ3) is 5.37. The van der Waals surface area contributed by atoms with Crippen molar-refractivity contribution in [2.45, 2.75) is 24.8 Å². The number of carbonyl (C=O) groups is 3. The second-order valence-corrected chi connectivity index (χ2v) is 11.0. The van der Waals surface area contributed by atoms with Crippen molar-refractivity contribution < 1.29 is 32.6 Å². The van der Waals surface area contributed by atoms with Crippen LogP contribution < -0.4 is 5.56 Å². The number of hydrogen-bond acceptors (Lipinski definition) is 7. The fourth-order valence-electron chi connectivity index (χ4n) is 4.40. The summed E-state index contributed by atoms with van der Waals surface area (Å²) >= 11 is 0. The van der Waals surface area contributed by atoms with Gasteiger partial charge in [0, 0.05) is 23.6 Å². The van der Waals surface area contributed by atoms with Crippen LogP contribution in [-0.4, -0.2) is 49.2 Å². The monoisotopic (exact) mass is 547 g/mol. The first-order valence-corrected chi connectivity index (χ1v) is 13.8. The van der Waals surface area contributed by atoms with Gasteiger partial charge in [-0.25, -0.2) is 18.0 Å². The number of carboxylic acid groups (broad SMARTS) is 1. The van der Waals surface area contributed by atoms with Crippen LogP contribution in [-0.2, 0) is 21.1 Å². The van der Waals surface area contributed by atoms with Crippen LogP contribution >= 0.6 is 0 Å². The van der Waals surface area contributed by atoms with Gasteiger partial charge in [-0.1, -0.05) is 31.2 Å². The highest BCUT2D eigenvalue weighted by Crippen LogP contribution is 2.33. The van der Waals surface area contributed by atoms with E-state index >= 15 is 0 Å². The number of rotatable bonds is 8. The first-order chi connectivity index (χ1) is 18.5.